The molecular weight excluding hydrogens is 186 g/mol. The lowest BCUT2D eigenvalue weighted by Gasteiger charge is -2.00. The zero-order chi connectivity index (χ0) is 11.1. The molecule has 0 spiro atoms. The van der Waals surface area contributed by atoms with Crippen LogP contribution in [0.25, 0.3) is 10.8 Å². The minimum atomic E-state index is 0.911. The van der Waals surface area contributed by atoms with Crippen LogP contribution in [0.5, 0.6) is 5.75 Å². The van der Waals surface area contributed by atoms with Gasteiger partial charge in [-0.3, -0.25) is 0 Å². The molecule has 2 heteroatoms. The monoisotopic (exact) mass is 199 g/mol. The van der Waals surface area contributed by atoms with E-state index in [1.54, 1.807) is 13.2 Å². The van der Waals surface area contributed by atoms with Crippen LogP contribution in [0, 0.1) is 11.3 Å². The van der Waals surface area contributed by atoms with E-state index >= 15 is 0 Å². The van der Waals surface area contributed by atoms with Crippen LogP contribution in [0.4, 0.5) is 0 Å². The van der Waals surface area contributed by atoms with E-state index in [1.807, 2.05) is 24.3 Å². The van der Waals surface area contributed by atoms with Crippen LogP contribution in [-0.2, 0) is 0 Å². The quantitative estimate of drug-likeness (QED) is 0.705. The Bertz CT molecular complexity index is 471. The number of rotatable bonds is 1. The van der Waals surface area contributed by atoms with Crippen molar-refractivity contribution in [2.75, 3.05) is 7.11 Å². The molecule has 0 radical (unpaired) electrons. The van der Waals surface area contributed by atoms with Gasteiger partial charge in [-0.2, -0.15) is 5.26 Å². The van der Waals surface area contributed by atoms with Crippen molar-refractivity contribution in [2.24, 2.45) is 0 Å². The van der Waals surface area contributed by atoms with Crippen LogP contribution in [-0.4, -0.2) is 7.11 Å². The molecule has 2 nitrogen and oxygen atoms in total. The smallest absolute Gasteiger partial charge is 0.119 e. The molecule has 2 aromatic rings. The first-order valence-electron chi connectivity index (χ1n) is 4.65. The predicted molar refractivity (Wildman–Crippen MR) is 61.8 cm³/mol. The number of hydrogen-bond donors (Lipinski definition) is 0. The van der Waals surface area contributed by atoms with E-state index in [4.69, 9.17) is 10.00 Å². The van der Waals surface area contributed by atoms with Gasteiger partial charge < -0.3 is 4.74 Å². The number of nitriles is 1. The third-order valence-corrected chi connectivity index (χ3v) is 1.96. The highest BCUT2D eigenvalue weighted by atomic mass is 16.5. The predicted octanol–water partition coefficient (Wildman–Crippen LogP) is 3.38. The fourth-order valence-corrected chi connectivity index (χ4v) is 1.29. The number of benzene rings is 2. The molecule has 0 unspecified atom stereocenters. The fraction of sp³-hybridized carbons (Fsp3) is 0.154. The number of ether oxygens (including phenoxy) is 1. The van der Waals surface area contributed by atoms with Gasteiger partial charge in [0.25, 0.3) is 0 Å². The summed E-state index contributed by atoms with van der Waals surface area (Å²) < 4.78 is 5.12. The van der Waals surface area contributed by atoms with E-state index in [1.165, 1.54) is 17.7 Å². The summed E-state index contributed by atoms with van der Waals surface area (Å²) in [7, 11) is 1.68. The average molecular weight is 199 g/mol. The van der Waals surface area contributed by atoms with Gasteiger partial charge in [-0.1, -0.05) is 30.3 Å². The second-order valence-corrected chi connectivity index (χ2v) is 2.94. The summed E-state index contributed by atoms with van der Waals surface area (Å²) in [6.07, 6.45) is 0. The number of methoxy groups -OCH3 is 1. The molecule has 76 valence electrons. The van der Waals surface area contributed by atoms with Crippen LogP contribution < -0.4 is 4.74 Å². The van der Waals surface area contributed by atoms with Crippen molar-refractivity contribution in [3.05, 3.63) is 42.5 Å². The maximum atomic E-state index is 7.32. The number of hydrogen-bond acceptors (Lipinski definition) is 2. The molecule has 0 bridgehead atoms. The first kappa shape index (κ1) is 11.1. The van der Waals surface area contributed by atoms with Crippen molar-refractivity contribution in [2.45, 2.75) is 6.92 Å². The van der Waals surface area contributed by atoms with Crippen molar-refractivity contribution in [1.82, 2.24) is 0 Å². The molecule has 0 fully saturated rings. The van der Waals surface area contributed by atoms with E-state index in [2.05, 4.69) is 18.2 Å². The third kappa shape index (κ3) is 2.99. The van der Waals surface area contributed by atoms with Crippen molar-refractivity contribution in [1.29, 1.82) is 5.26 Å². The van der Waals surface area contributed by atoms with Crippen LogP contribution in [0.3, 0.4) is 0 Å². The third-order valence-electron chi connectivity index (χ3n) is 1.96. The zero-order valence-corrected chi connectivity index (χ0v) is 8.90. The highest BCUT2D eigenvalue weighted by Crippen LogP contribution is 2.19. The van der Waals surface area contributed by atoms with Gasteiger partial charge in [0, 0.05) is 6.92 Å². The molecule has 0 aliphatic rings. The Morgan fingerprint density at radius 1 is 1.07 bits per heavy atom. The Kier molecular flexibility index (Phi) is 4.18. The van der Waals surface area contributed by atoms with Gasteiger partial charge in [-0.15, -0.1) is 0 Å². The van der Waals surface area contributed by atoms with Gasteiger partial charge >= 0.3 is 0 Å². The molecule has 0 atom stereocenters. The lowest BCUT2D eigenvalue weighted by Crippen LogP contribution is -1.81. The molecule has 2 rings (SSSR count). The molecular formula is C13H13NO. The van der Waals surface area contributed by atoms with Crippen molar-refractivity contribution in [3.8, 4) is 11.8 Å². The highest BCUT2D eigenvalue weighted by Gasteiger charge is 1.93. The molecule has 0 aliphatic heterocycles. The first-order chi connectivity index (χ1) is 7.31. The van der Waals surface area contributed by atoms with Gasteiger partial charge in [-0.25, -0.2) is 0 Å². The number of fused-ring (bicyclic) bond motifs is 1. The SMILES string of the molecule is CC#N.COc1ccc2ccccc2c1. The maximum Gasteiger partial charge on any atom is 0.119 e. The van der Waals surface area contributed by atoms with Crippen LogP contribution in [0.1, 0.15) is 6.92 Å². The summed E-state index contributed by atoms with van der Waals surface area (Å²) in [5.74, 6) is 0.911. The van der Waals surface area contributed by atoms with E-state index in [9.17, 15) is 0 Å². The van der Waals surface area contributed by atoms with Gasteiger partial charge in [0.2, 0.25) is 0 Å². The van der Waals surface area contributed by atoms with Gasteiger partial charge in [0.15, 0.2) is 0 Å². The summed E-state index contributed by atoms with van der Waals surface area (Å²) >= 11 is 0. The van der Waals surface area contributed by atoms with Gasteiger partial charge in [0.1, 0.15) is 5.75 Å². The van der Waals surface area contributed by atoms with Crippen molar-refractivity contribution in [3.63, 3.8) is 0 Å². The van der Waals surface area contributed by atoms with Gasteiger partial charge in [-0.05, 0) is 22.9 Å². The summed E-state index contributed by atoms with van der Waals surface area (Å²) in [5.41, 5.74) is 0. The number of nitrogens with zero attached hydrogens (tertiary/aromatic N) is 1. The molecule has 0 amide bonds. The normalized spacial score (nSPS) is 8.60. The summed E-state index contributed by atoms with van der Waals surface area (Å²) in [5, 5.41) is 9.79. The molecule has 0 aliphatic carbocycles. The molecule has 0 aromatic heterocycles. The Morgan fingerprint density at radius 2 is 1.67 bits per heavy atom. The minimum Gasteiger partial charge on any atom is -0.497 e. The standard InChI is InChI=1S/C11H10O.C2H3N/c1-12-11-7-6-9-4-2-3-5-10(9)8-11;1-2-3/h2-8H,1H3;1H3. The second kappa shape index (κ2) is 5.66. The Labute approximate surface area is 89.7 Å². The second-order valence-electron chi connectivity index (χ2n) is 2.94. The first-order valence-corrected chi connectivity index (χ1v) is 4.65. The van der Waals surface area contributed by atoms with Crippen LogP contribution >= 0.6 is 0 Å². The zero-order valence-electron chi connectivity index (χ0n) is 8.90. The van der Waals surface area contributed by atoms with Crippen molar-refractivity contribution < 1.29 is 4.74 Å². The minimum absolute atomic E-state index is 0.911. The largest absolute Gasteiger partial charge is 0.497 e. The molecule has 0 saturated carbocycles. The van der Waals surface area contributed by atoms with Crippen LogP contribution in [0.2, 0.25) is 0 Å². The van der Waals surface area contributed by atoms with E-state index in [0.29, 0.717) is 0 Å². The molecule has 0 N–H and O–H groups in total. The van der Waals surface area contributed by atoms with Gasteiger partial charge in [0.05, 0.1) is 13.2 Å². The Balaban J connectivity index is 0.000000337. The lowest BCUT2D eigenvalue weighted by atomic mass is 10.1. The molecule has 15 heavy (non-hydrogen) atoms. The summed E-state index contributed by atoms with van der Waals surface area (Å²) in [6, 6.07) is 16.1. The molecule has 2 aromatic carbocycles. The topological polar surface area (TPSA) is 33.0 Å². The highest BCUT2D eigenvalue weighted by molar-refractivity contribution is 5.83. The Morgan fingerprint density at radius 3 is 2.27 bits per heavy atom. The van der Waals surface area contributed by atoms with Crippen molar-refractivity contribution >= 4 is 10.8 Å². The van der Waals surface area contributed by atoms with E-state index < -0.39 is 0 Å². The Hall–Kier alpha value is -2.01. The summed E-state index contributed by atoms with van der Waals surface area (Å²) in [4.78, 5) is 0. The molecule has 0 saturated heterocycles. The van der Waals surface area contributed by atoms with E-state index in [-0.39, 0.29) is 0 Å². The van der Waals surface area contributed by atoms with E-state index in [0.717, 1.165) is 5.75 Å². The molecule has 0 heterocycles. The maximum absolute atomic E-state index is 7.32. The van der Waals surface area contributed by atoms with Crippen LogP contribution in [0.15, 0.2) is 42.5 Å². The summed E-state index contributed by atoms with van der Waals surface area (Å²) in [6.45, 7) is 1.43. The fourth-order valence-electron chi connectivity index (χ4n) is 1.29. The average Bonchev–Trinajstić information content (AvgIpc) is 2.29. The lowest BCUT2D eigenvalue weighted by molar-refractivity contribution is 0.415.